The van der Waals surface area contributed by atoms with Crippen molar-refractivity contribution >= 4 is 17.7 Å². The molecule has 1 N–H and O–H groups in total. The molecule has 33 heavy (non-hydrogen) atoms. The Kier molecular flexibility index (Phi) is 7.79. The molecule has 12 heteroatoms. The zero-order valence-electron chi connectivity index (χ0n) is 18.1. The highest BCUT2D eigenvalue weighted by Gasteiger charge is 2.34. The van der Waals surface area contributed by atoms with E-state index in [1.54, 1.807) is 29.2 Å². The lowest BCUT2D eigenvalue weighted by Gasteiger charge is -2.12. The number of alkyl halides is 3. The largest absolute Gasteiger partial charge is 0.493 e. The van der Waals surface area contributed by atoms with Gasteiger partial charge in [0.15, 0.2) is 16.7 Å². The fourth-order valence-corrected chi connectivity index (χ4v) is 3.52. The van der Waals surface area contributed by atoms with Crippen molar-refractivity contribution in [1.29, 1.82) is 0 Å². The SMILES string of the molecule is CCn1cc(CNC(=O)CSc2nc(-c3ccc(OC)c(OC)c3)cc(C(F)(F)F)n2)cn1. The van der Waals surface area contributed by atoms with E-state index in [1.165, 1.54) is 20.3 Å². The molecule has 176 valence electrons. The van der Waals surface area contributed by atoms with Crippen LogP contribution in [0, 0.1) is 0 Å². The van der Waals surface area contributed by atoms with Crippen LogP contribution in [0.15, 0.2) is 41.8 Å². The van der Waals surface area contributed by atoms with E-state index in [1.807, 2.05) is 6.92 Å². The third-order valence-electron chi connectivity index (χ3n) is 4.51. The molecule has 0 aliphatic rings. The van der Waals surface area contributed by atoms with E-state index in [4.69, 9.17) is 9.47 Å². The van der Waals surface area contributed by atoms with Crippen LogP contribution in [0.25, 0.3) is 11.3 Å². The second kappa shape index (κ2) is 10.6. The monoisotopic (exact) mass is 481 g/mol. The summed E-state index contributed by atoms with van der Waals surface area (Å²) in [5.74, 6) is 0.274. The third-order valence-corrected chi connectivity index (χ3v) is 5.36. The number of nitrogens with zero attached hydrogens (tertiary/aromatic N) is 4. The van der Waals surface area contributed by atoms with Crippen molar-refractivity contribution in [1.82, 2.24) is 25.1 Å². The lowest BCUT2D eigenvalue weighted by atomic mass is 10.1. The van der Waals surface area contributed by atoms with Gasteiger partial charge in [0.05, 0.1) is 31.9 Å². The molecule has 0 atom stereocenters. The van der Waals surface area contributed by atoms with Crippen LogP contribution >= 0.6 is 11.8 Å². The maximum Gasteiger partial charge on any atom is 0.433 e. The van der Waals surface area contributed by atoms with Gasteiger partial charge in [0, 0.05) is 30.4 Å². The first-order chi connectivity index (χ1) is 15.7. The fraction of sp³-hybridized carbons (Fsp3) is 0.333. The van der Waals surface area contributed by atoms with Gasteiger partial charge in [-0.3, -0.25) is 9.48 Å². The average Bonchev–Trinajstić information content (AvgIpc) is 3.28. The smallest absolute Gasteiger partial charge is 0.433 e. The predicted molar refractivity (Wildman–Crippen MR) is 116 cm³/mol. The molecule has 0 aliphatic heterocycles. The molecule has 3 rings (SSSR count). The van der Waals surface area contributed by atoms with E-state index >= 15 is 0 Å². The molecule has 0 spiro atoms. The highest BCUT2D eigenvalue weighted by Crippen LogP contribution is 2.35. The van der Waals surface area contributed by atoms with Gasteiger partial charge in [-0.25, -0.2) is 9.97 Å². The first-order valence-electron chi connectivity index (χ1n) is 9.83. The molecule has 0 unspecified atom stereocenters. The number of aryl methyl sites for hydroxylation is 1. The Morgan fingerprint density at radius 2 is 1.91 bits per heavy atom. The number of halogens is 3. The van der Waals surface area contributed by atoms with E-state index in [0.29, 0.717) is 23.6 Å². The summed E-state index contributed by atoms with van der Waals surface area (Å²) in [6.45, 7) is 2.91. The standard InChI is InChI=1S/C21H22F3N5O3S/c1-4-29-11-13(10-26-29)9-25-19(30)12-33-20-27-15(8-18(28-20)21(22,23)24)14-5-6-16(31-2)17(7-14)32-3/h5-8,10-11H,4,9,12H2,1-3H3,(H,25,30). The van der Waals surface area contributed by atoms with Crippen LogP contribution in [-0.4, -0.2) is 45.6 Å². The zero-order valence-corrected chi connectivity index (χ0v) is 19.0. The van der Waals surface area contributed by atoms with Crippen molar-refractivity contribution in [2.75, 3.05) is 20.0 Å². The first kappa shape index (κ1) is 24.4. The van der Waals surface area contributed by atoms with Crippen LogP contribution in [-0.2, 0) is 24.1 Å². The summed E-state index contributed by atoms with van der Waals surface area (Å²) in [5, 5.41) is 6.66. The lowest BCUT2D eigenvalue weighted by Crippen LogP contribution is -2.24. The quantitative estimate of drug-likeness (QED) is 0.367. The summed E-state index contributed by atoms with van der Waals surface area (Å²) < 4.78 is 52.4. The van der Waals surface area contributed by atoms with Crippen molar-refractivity contribution in [2.45, 2.75) is 31.3 Å². The molecule has 3 aromatic rings. The maximum absolute atomic E-state index is 13.4. The molecule has 2 aromatic heterocycles. The molecule has 0 fully saturated rings. The molecule has 1 aromatic carbocycles. The Morgan fingerprint density at radius 1 is 1.15 bits per heavy atom. The molecular weight excluding hydrogens is 459 g/mol. The van der Waals surface area contributed by atoms with E-state index in [0.717, 1.165) is 23.4 Å². The Balaban J connectivity index is 1.76. The first-order valence-corrected chi connectivity index (χ1v) is 10.8. The van der Waals surface area contributed by atoms with Crippen LogP contribution < -0.4 is 14.8 Å². The van der Waals surface area contributed by atoms with Crippen LogP contribution in [0.4, 0.5) is 13.2 Å². The van der Waals surface area contributed by atoms with Crippen molar-refractivity contribution in [3.8, 4) is 22.8 Å². The highest BCUT2D eigenvalue weighted by atomic mass is 32.2. The number of carbonyl (C=O) groups is 1. The van der Waals surface area contributed by atoms with Gasteiger partial charge in [-0.1, -0.05) is 11.8 Å². The summed E-state index contributed by atoms with van der Waals surface area (Å²) in [6, 6.07) is 5.53. The minimum absolute atomic E-state index is 0.0492. The Hall–Kier alpha value is -3.28. The summed E-state index contributed by atoms with van der Waals surface area (Å²) >= 11 is 0.819. The zero-order chi connectivity index (χ0) is 24.0. The van der Waals surface area contributed by atoms with Gasteiger partial charge < -0.3 is 14.8 Å². The highest BCUT2D eigenvalue weighted by molar-refractivity contribution is 7.99. The second-order valence-electron chi connectivity index (χ2n) is 6.76. The molecule has 0 saturated heterocycles. The molecule has 0 radical (unpaired) electrons. The number of carbonyl (C=O) groups excluding carboxylic acids is 1. The fourth-order valence-electron chi connectivity index (χ4n) is 2.83. The molecular formula is C21H22F3N5O3S. The third kappa shape index (κ3) is 6.37. The van der Waals surface area contributed by atoms with Crippen LogP contribution in [0.1, 0.15) is 18.2 Å². The Bertz CT molecular complexity index is 1120. The number of aromatic nitrogens is 4. The molecule has 0 bridgehead atoms. The number of amides is 1. The average molecular weight is 482 g/mol. The molecule has 0 aliphatic carbocycles. The van der Waals surface area contributed by atoms with Crippen LogP contribution in [0.2, 0.25) is 0 Å². The van der Waals surface area contributed by atoms with E-state index in [9.17, 15) is 18.0 Å². The minimum atomic E-state index is -4.68. The lowest BCUT2D eigenvalue weighted by molar-refractivity contribution is -0.141. The van der Waals surface area contributed by atoms with Gasteiger partial charge in [-0.2, -0.15) is 18.3 Å². The Morgan fingerprint density at radius 3 is 2.55 bits per heavy atom. The second-order valence-corrected chi connectivity index (χ2v) is 7.70. The maximum atomic E-state index is 13.4. The van der Waals surface area contributed by atoms with Crippen molar-refractivity contribution in [3.63, 3.8) is 0 Å². The number of rotatable bonds is 9. The topological polar surface area (TPSA) is 91.2 Å². The summed E-state index contributed by atoms with van der Waals surface area (Å²) in [5.41, 5.74) is 0.159. The number of hydrogen-bond donors (Lipinski definition) is 1. The Labute approximate surface area is 192 Å². The number of ether oxygens (including phenoxy) is 2. The van der Waals surface area contributed by atoms with Crippen LogP contribution in [0.3, 0.4) is 0 Å². The molecule has 0 saturated carbocycles. The van der Waals surface area contributed by atoms with Crippen molar-refractivity contribution in [2.24, 2.45) is 0 Å². The summed E-state index contributed by atoms with van der Waals surface area (Å²) in [6.07, 6.45) is -1.23. The predicted octanol–water partition coefficient (Wildman–Crippen LogP) is 3.80. The summed E-state index contributed by atoms with van der Waals surface area (Å²) in [4.78, 5) is 20.0. The number of benzene rings is 1. The number of methoxy groups -OCH3 is 2. The molecule has 1 amide bonds. The number of thioether (sulfide) groups is 1. The van der Waals surface area contributed by atoms with Gasteiger partial charge >= 0.3 is 6.18 Å². The molecule has 8 nitrogen and oxygen atoms in total. The van der Waals surface area contributed by atoms with Gasteiger partial charge in [0.1, 0.15) is 5.69 Å². The van der Waals surface area contributed by atoms with Gasteiger partial charge in [0.25, 0.3) is 0 Å². The van der Waals surface area contributed by atoms with Crippen LogP contribution in [0.5, 0.6) is 11.5 Å². The van der Waals surface area contributed by atoms with E-state index in [-0.39, 0.29) is 29.1 Å². The van der Waals surface area contributed by atoms with Crippen molar-refractivity contribution < 1.29 is 27.4 Å². The molecule has 2 heterocycles. The van der Waals surface area contributed by atoms with Crippen molar-refractivity contribution in [3.05, 3.63) is 47.9 Å². The van der Waals surface area contributed by atoms with Gasteiger partial charge in [-0.05, 0) is 31.2 Å². The summed E-state index contributed by atoms with van der Waals surface area (Å²) in [7, 11) is 2.88. The normalized spacial score (nSPS) is 11.3. The minimum Gasteiger partial charge on any atom is -0.493 e. The number of hydrogen-bond acceptors (Lipinski definition) is 7. The van der Waals surface area contributed by atoms with E-state index in [2.05, 4.69) is 20.4 Å². The van der Waals surface area contributed by atoms with E-state index < -0.39 is 11.9 Å². The number of nitrogens with one attached hydrogen (secondary N) is 1. The van der Waals surface area contributed by atoms with Gasteiger partial charge in [-0.15, -0.1) is 0 Å². The van der Waals surface area contributed by atoms with Gasteiger partial charge in [0.2, 0.25) is 5.91 Å².